The van der Waals surface area contributed by atoms with Crippen molar-refractivity contribution in [2.45, 2.75) is 20.1 Å². The molecule has 0 saturated heterocycles. The van der Waals surface area contributed by atoms with Gasteiger partial charge in [-0.2, -0.15) is 0 Å². The van der Waals surface area contributed by atoms with Gasteiger partial charge in [0, 0.05) is 18.7 Å². The first-order valence-electron chi connectivity index (χ1n) is 8.46. The van der Waals surface area contributed by atoms with Crippen molar-refractivity contribution in [3.8, 4) is 5.75 Å². The molecule has 1 aromatic heterocycles. The van der Waals surface area contributed by atoms with Gasteiger partial charge in [-0.15, -0.1) is 0 Å². The number of amides is 1. The van der Waals surface area contributed by atoms with Crippen LogP contribution in [0.2, 0.25) is 0 Å². The van der Waals surface area contributed by atoms with Crippen LogP contribution in [0.25, 0.3) is 0 Å². The predicted molar refractivity (Wildman–Crippen MR) is 99.4 cm³/mol. The van der Waals surface area contributed by atoms with Crippen LogP contribution in [-0.2, 0) is 17.9 Å². The average molecular weight is 402 g/mol. The van der Waals surface area contributed by atoms with Crippen molar-refractivity contribution in [2.24, 2.45) is 0 Å². The van der Waals surface area contributed by atoms with E-state index in [2.05, 4.69) is 10.3 Å². The minimum absolute atomic E-state index is 0.0148. The smallest absolute Gasteiger partial charge is 0.381 e. The molecule has 1 heterocycles. The molecule has 3 rings (SSSR count). The number of aromatic nitrogens is 2. The Morgan fingerprint density at radius 3 is 2.72 bits per heavy atom. The summed E-state index contributed by atoms with van der Waals surface area (Å²) in [6.07, 6.45) is 1.15. The molecule has 10 heteroatoms. The van der Waals surface area contributed by atoms with Gasteiger partial charge in [-0.1, -0.05) is 12.1 Å². The molecule has 0 spiro atoms. The molecule has 0 radical (unpaired) electrons. The van der Waals surface area contributed by atoms with Crippen LogP contribution in [0.1, 0.15) is 11.4 Å². The second-order valence-electron chi connectivity index (χ2n) is 6.14. The molecule has 0 aliphatic rings. The minimum atomic E-state index is -0.700. The Hall–Kier alpha value is -3.82. The third kappa shape index (κ3) is 5.12. The van der Waals surface area contributed by atoms with E-state index >= 15 is 0 Å². The second-order valence-corrected chi connectivity index (χ2v) is 6.14. The van der Waals surface area contributed by atoms with Crippen LogP contribution >= 0.6 is 0 Å². The van der Waals surface area contributed by atoms with E-state index in [9.17, 15) is 23.7 Å². The molecule has 1 amide bonds. The Morgan fingerprint density at radius 1 is 1.28 bits per heavy atom. The molecule has 1 N–H and O–H groups in total. The predicted octanol–water partition coefficient (Wildman–Crippen LogP) is 3.60. The third-order valence-electron chi connectivity index (χ3n) is 3.96. The Morgan fingerprint density at radius 2 is 2.07 bits per heavy atom. The molecule has 0 aliphatic heterocycles. The van der Waals surface area contributed by atoms with Gasteiger partial charge in [0.25, 0.3) is 0 Å². The number of carbonyl (C=O) groups excluding carboxylic acids is 1. The Bertz CT molecular complexity index is 1070. The number of ether oxygens (including phenoxy) is 1. The highest BCUT2D eigenvalue weighted by Gasteiger charge is 2.17. The van der Waals surface area contributed by atoms with Gasteiger partial charge in [0.1, 0.15) is 25.2 Å². The lowest BCUT2D eigenvalue weighted by Gasteiger charge is -2.10. The lowest BCUT2D eigenvalue weighted by Crippen LogP contribution is -2.19. The van der Waals surface area contributed by atoms with Gasteiger partial charge in [-0.3, -0.25) is 9.36 Å². The van der Waals surface area contributed by atoms with E-state index in [0.717, 1.165) is 12.3 Å². The first-order chi connectivity index (χ1) is 13.8. The minimum Gasteiger partial charge on any atom is -0.486 e. The molecule has 0 atom stereocenters. The molecular formula is C19H16F2N4O4. The SMILES string of the molecule is Cc1nc([N+](=O)[O-])cn1CC(=O)Nc1ccc(OCc2cccc(F)c2)c(F)c1. The van der Waals surface area contributed by atoms with E-state index in [-0.39, 0.29) is 30.4 Å². The van der Waals surface area contributed by atoms with Crippen molar-refractivity contribution in [1.82, 2.24) is 9.55 Å². The summed E-state index contributed by atoms with van der Waals surface area (Å²) in [5, 5.41) is 13.2. The van der Waals surface area contributed by atoms with Gasteiger partial charge < -0.3 is 20.2 Å². The second kappa shape index (κ2) is 8.46. The monoisotopic (exact) mass is 402 g/mol. The van der Waals surface area contributed by atoms with Crippen molar-refractivity contribution >= 4 is 17.4 Å². The number of nitro groups is 1. The number of imidazole rings is 1. The summed E-state index contributed by atoms with van der Waals surface area (Å²) in [6, 6.07) is 9.64. The van der Waals surface area contributed by atoms with E-state index in [1.807, 2.05) is 0 Å². The van der Waals surface area contributed by atoms with Crippen molar-refractivity contribution in [3.63, 3.8) is 0 Å². The lowest BCUT2D eigenvalue weighted by molar-refractivity contribution is -0.389. The van der Waals surface area contributed by atoms with Gasteiger partial charge >= 0.3 is 5.82 Å². The van der Waals surface area contributed by atoms with E-state index < -0.39 is 22.5 Å². The maximum Gasteiger partial charge on any atom is 0.381 e. The van der Waals surface area contributed by atoms with Crippen LogP contribution in [0, 0.1) is 28.7 Å². The number of nitrogens with one attached hydrogen (secondary N) is 1. The standard InChI is InChI=1S/C19H16F2N4O4/c1-12-22-18(25(27)28)9-24(12)10-19(26)23-15-5-6-17(16(21)8-15)29-11-13-3-2-4-14(20)7-13/h2-9H,10-11H2,1H3,(H,23,26). The van der Waals surface area contributed by atoms with Crippen LogP contribution in [0.3, 0.4) is 0 Å². The first-order valence-corrected chi connectivity index (χ1v) is 8.46. The van der Waals surface area contributed by atoms with Gasteiger partial charge in [0.05, 0.1) is 0 Å². The number of hydrogen-bond acceptors (Lipinski definition) is 5. The van der Waals surface area contributed by atoms with Crippen molar-refractivity contribution < 1.29 is 23.2 Å². The molecule has 0 unspecified atom stereocenters. The maximum absolute atomic E-state index is 14.2. The zero-order chi connectivity index (χ0) is 21.0. The number of hydrogen-bond donors (Lipinski definition) is 1. The zero-order valence-electron chi connectivity index (χ0n) is 15.3. The Labute approximate surface area is 163 Å². The van der Waals surface area contributed by atoms with E-state index in [4.69, 9.17) is 4.74 Å². The van der Waals surface area contributed by atoms with E-state index in [0.29, 0.717) is 11.4 Å². The van der Waals surface area contributed by atoms with Crippen molar-refractivity contribution in [2.75, 3.05) is 5.32 Å². The van der Waals surface area contributed by atoms with Gasteiger partial charge in [-0.25, -0.2) is 8.78 Å². The molecule has 150 valence electrons. The van der Waals surface area contributed by atoms with E-state index in [1.54, 1.807) is 6.07 Å². The molecule has 2 aromatic carbocycles. The Balaban J connectivity index is 1.61. The average Bonchev–Trinajstić information content (AvgIpc) is 3.02. The van der Waals surface area contributed by atoms with Crippen LogP contribution in [0.4, 0.5) is 20.3 Å². The number of halogens is 2. The molecule has 0 saturated carbocycles. The van der Waals surface area contributed by atoms with Crippen LogP contribution < -0.4 is 10.1 Å². The molecule has 0 bridgehead atoms. The Kier molecular flexibility index (Phi) is 5.82. The highest BCUT2D eigenvalue weighted by molar-refractivity contribution is 5.90. The zero-order valence-corrected chi connectivity index (χ0v) is 15.3. The summed E-state index contributed by atoms with van der Waals surface area (Å²) in [4.78, 5) is 25.9. The molecule has 8 nitrogen and oxygen atoms in total. The number of nitrogens with zero attached hydrogens (tertiary/aromatic N) is 3. The fraction of sp³-hybridized carbons (Fsp3) is 0.158. The van der Waals surface area contributed by atoms with Crippen LogP contribution in [0.5, 0.6) is 5.75 Å². The topological polar surface area (TPSA) is 99.3 Å². The van der Waals surface area contributed by atoms with Crippen LogP contribution in [-0.4, -0.2) is 20.4 Å². The summed E-state index contributed by atoms with van der Waals surface area (Å²) >= 11 is 0. The lowest BCUT2D eigenvalue weighted by atomic mass is 10.2. The fourth-order valence-electron chi connectivity index (χ4n) is 2.58. The number of aryl methyl sites for hydroxylation is 1. The summed E-state index contributed by atoms with van der Waals surface area (Å²) in [5.41, 5.74) is 0.740. The van der Waals surface area contributed by atoms with Crippen LogP contribution in [0.15, 0.2) is 48.7 Å². The molecule has 29 heavy (non-hydrogen) atoms. The number of benzene rings is 2. The quantitative estimate of drug-likeness (QED) is 0.481. The fourth-order valence-corrected chi connectivity index (χ4v) is 2.58. The molecule has 0 aliphatic carbocycles. The first kappa shape index (κ1) is 19.9. The summed E-state index contributed by atoms with van der Waals surface area (Å²) in [6.45, 7) is 1.30. The van der Waals surface area contributed by atoms with Crippen molar-refractivity contribution in [3.05, 3.63) is 81.8 Å². The molecule has 3 aromatic rings. The van der Waals surface area contributed by atoms with Crippen molar-refractivity contribution in [1.29, 1.82) is 0 Å². The summed E-state index contributed by atoms with van der Waals surface area (Å²) in [5.74, 6) is -1.72. The molecule has 0 fully saturated rings. The highest BCUT2D eigenvalue weighted by Crippen LogP contribution is 2.22. The van der Waals surface area contributed by atoms with Gasteiger partial charge in [0.15, 0.2) is 11.6 Å². The maximum atomic E-state index is 14.2. The number of carbonyl (C=O) groups is 1. The molecular weight excluding hydrogens is 386 g/mol. The highest BCUT2D eigenvalue weighted by atomic mass is 19.1. The van der Waals surface area contributed by atoms with E-state index in [1.165, 1.54) is 41.8 Å². The normalized spacial score (nSPS) is 10.6. The number of rotatable bonds is 7. The van der Waals surface area contributed by atoms with Gasteiger partial charge in [-0.05, 0) is 39.7 Å². The van der Waals surface area contributed by atoms with Gasteiger partial charge in [0.2, 0.25) is 11.7 Å². The summed E-state index contributed by atoms with van der Waals surface area (Å²) in [7, 11) is 0. The summed E-state index contributed by atoms with van der Waals surface area (Å²) < 4.78 is 34.0. The number of anilines is 1. The third-order valence-corrected chi connectivity index (χ3v) is 3.96. The largest absolute Gasteiger partial charge is 0.486 e.